The molecule has 2 aromatic rings. The van der Waals surface area contributed by atoms with Gasteiger partial charge >= 0.3 is 6.09 Å². The Bertz CT molecular complexity index is 816. The zero-order valence-corrected chi connectivity index (χ0v) is 15.8. The molecule has 0 bridgehead atoms. The molecule has 2 amide bonds. The maximum atomic E-state index is 13.4. The quantitative estimate of drug-likeness (QED) is 0.828. The predicted octanol–water partition coefficient (Wildman–Crippen LogP) is 3.04. The normalized spacial score (nSPS) is 16.2. The third kappa shape index (κ3) is 3.82. The summed E-state index contributed by atoms with van der Waals surface area (Å²) < 4.78 is 20.3. The van der Waals surface area contributed by atoms with Gasteiger partial charge in [-0.25, -0.2) is 9.18 Å². The van der Waals surface area contributed by atoms with Crippen molar-refractivity contribution in [1.82, 2.24) is 14.4 Å². The molecule has 2 heterocycles. The fraction of sp³-hybridized carbons (Fsp3) is 0.400. The highest BCUT2D eigenvalue weighted by atomic mass is 19.1. The molecule has 0 N–H and O–H groups in total. The van der Waals surface area contributed by atoms with Crippen LogP contribution in [0.15, 0.2) is 42.6 Å². The van der Waals surface area contributed by atoms with Crippen LogP contribution in [0.4, 0.5) is 9.18 Å². The molecule has 0 fully saturated rings. The molecular weight excluding hydrogens is 349 g/mol. The number of rotatable bonds is 4. The van der Waals surface area contributed by atoms with Crippen LogP contribution in [0, 0.1) is 5.82 Å². The Balaban J connectivity index is 1.91. The second-order valence-corrected chi connectivity index (χ2v) is 6.86. The van der Waals surface area contributed by atoms with E-state index < -0.39 is 6.09 Å². The lowest BCUT2D eigenvalue weighted by molar-refractivity contribution is -0.135. The van der Waals surface area contributed by atoms with E-state index in [0.29, 0.717) is 13.1 Å². The second kappa shape index (κ2) is 7.82. The number of carbonyl (C=O) groups excluding carboxylic acids is 2. The van der Waals surface area contributed by atoms with Crippen molar-refractivity contribution >= 4 is 12.0 Å². The highest BCUT2D eigenvalue weighted by Gasteiger charge is 2.34. The molecule has 0 spiro atoms. The van der Waals surface area contributed by atoms with E-state index in [1.165, 1.54) is 24.1 Å². The lowest BCUT2D eigenvalue weighted by Gasteiger charge is -2.38. The van der Waals surface area contributed by atoms with Gasteiger partial charge < -0.3 is 14.2 Å². The van der Waals surface area contributed by atoms with Gasteiger partial charge in [-0.15, -0.1) is 0 Å². The molecule has 0 saturated heterocycles. The van der Waals surface area contributed by atoms with E-state index in [9.17, 15) is 14.0 Å². The number of amides is 2. The van der Waals surface area contributed by atoms with Crippen LogP contribution in [-0.4, -0.2) is 52.6 Å². The van der Waals surface area contributed by atoms with Gasteiger partial charge in [-0.1, -0.05) is 12.1 Å². The Hall–Kier alpha value is -2.83. The van der Waals surface area contributed by atoms with Crippen LogP contribution in [0.2, 0.25) is 0 Å². The van der Waals surface area contributed by atoms with E-state index in [0.717, 1.165) is 11.3 Å². The minimum atomic E-state index is -0.530. The molecule has 0 aliphatic carbocycles. The summed E-state index contributed by atoms with van der Waals surface area (Å²) in [5.41, 5.74) is 1.80. The van der Waals surface area contributed by atoms with Crippen LogP contribution < -0.4 is 0 Å². The van der Waals surface area contributed by atoms with E-state index >= 15 is 0 Å². The van der Waals surface area contributed by atoms with Gasteiger partial charge in [0.15, 0.2) is 0 Å². The van der Waals surface area contributed by atoms with Crippen molar-refractivity contribution in [2.24, 2.45) is 0 Å². The molecule has 1 aliphatic rings. The van der Waals surface area contributed by atoms with Crippen molar-refractivity contribution in [3.8, 4) is 0 Å². The molecule has 1 aliphatic heterocycles. The topological polar surface area (TPSA) is 54.8 Å². The SMILES string of the molecule is COC(=O)N(CC(=O)N1CCn2cccc2C1c1ccc(F)cc1)C(C)C. The Morgan fingerprint density at radius 2 is 1.93 bits per heavy atom. The average molecular weight is 373 g/mol. The smallest absolute Gasteiger partial charge is 0.410 e. The van der Waals surface area contributed by atoms with Crippen LogP contribution >= 0.6 is 0 Å². The Labute approximate surface area is 158 Å². The van der Waals surface area contributed by atoms with E-state index in [2.05, 4.69) is 4.57 Å². The summed E-state index contributed by atoms with van der Waals surface area (Å²) >= 11 is 0. The maximum absolute atomic E-state index is 13.4. The number of hydrogen-bond acceptors (Lipinski definition) is 3. The van der Waals surface area contributed by atoms with E-state index in [-0.39, 0.29) is 30.4 Å². The molecule has 1 unspecified atom stereocenters. The van der Waals surface area contributed by atoms with E-state index in [1.807, 2.05) is 32.2 Å². The minimum Gasteiger partial charge on any atom is -0.453 e. The zero-order chi connectivity index (χ0) is 19.6. The number of aromatic nitrogens is 1. The van der Waals surface area contributed by atoms with Crippen LogP contribution in [-0.2, 0) is 16.1 Å². The van der Waals surface area contributed by atoms with Crippen molar-refractivity contribution in [2.75, 3.05) is 20.2 Å². The van der Waals surface area contributed by atoms with Crippen molar-refractivity contribution in [2.45, 2.75) is 32.5 Å². The van der Waals surface area contributed by atoms with Gasteiger partial charge in [-0.3, -0.25) is 9.69 Å². The summed E-state index contributed by atoms with van der Waals surface area (Å²) in [5, 5.41) is 0. The highest BCUT2D eigenvalue weighted by Crippen LogP contribution is 2.32. The zero-order valence-electron chi connectivity index (χ0n) is 15.8. The molecule has 0 saturated carbocycles. The molecule has 1 aromatic heterocycles. The van der Waals surface area contributed by atoms with E-state index in [4.69, 9.17) is 4.74 Å². The molecule has 6 nitrogen and oxygen atoms in total. The highest BCUT2D eigenvalue weighted by molar-refractivity contribution is 5.83. The molecule has 7 heteroatoms. The van der Waals surface area contributed by atoms with Gasteiger partial charge in [0.1, 0.15) is 12.4 Å². The molecule has 3 rings (SSSR count). The first-order chi connectivity index (χ1) is 12.9. The first-order valence-electron chi connectivity index (χ1n) is 8.97. The fourth-order valence-corrected chi connectivity index (χ4v) is 3.46. The van der Waals surface area contributed by atoms with Crippen molar-refractivity contribution in [3.63, 3.8) is 0 Å². The molecule has 1 atom stereocenters. The fourth-order valence-electron chi connectivity index (χ4n) is 3.46. The third-order valence-electron chi connectivity index (χ3n) is 4.88. The van der Waals surface area contributed by atoms with Crippen LogP contribution in [0.5, 0.6) is 0 Å². The summed E-state index contributed by atoms with van der Waals surface area (Å²) in [6.45, 7) is 4.79. The lowest BCUT2D eigenvalue weighted by atomic mass is 9.99. The Morgan fingerprint density at radius 1 is 1.22 bits per heavy atom. The molecule has 0 radical (unpaired) electrons. The maximum Gasteiger partial charge on any atom is 0.410 e. The molecule has 144 valence electrons. The summed E-state index contributed by atoms with van der Waals surface area (Å²) in [7, 11) is 1.30. The predicted molar refractivity (Wildman–Crippen MR) is 98.6 cm³/mol. The van der Waals surface area contributed by atoms with Crippen LogP contribution in [0.25, 0.3) is 0 Å². The summed E-state index contributed by atoms with van der Waals surface area (Å²) in [6, 6.07) is 9.60. The molecular formula is C20H24FN3O3. The standard InChI is InChI=1S/C20H24FN3O3/c1-14(2)24(20(26)27-3)13-18(25)23-12-11-22-10-4-5-17(22)19(23)15-6-8-16(21)9-7-15/h4-10,14,19H,11-13H2,1-3H3. The Kier molecular flexibility index (Phi) is 5.48. The van der Waals surface area contributed by atoms with Crippen molar-refractivity contribution in [3.05, 3.63) is 59.7 Å². The first-order valence-corrected chi connectivity index (χ1v) is 8.97. The number of ether oxygens (including phenoxy) is 1. The lowest BCUT2D eigenvalue weighted by Crippen LogP contribution is -2.49. The van der Waals surface area contributed by atoms with Gasteiger partial charge in [0.05, 0.1) is 13.2 Å². The number of carbonyl (C=O) groups is 2. The van der Waals surface area contributed by atoms with Gasteiger partial charge in [0, 0.05) is 31.0 Å². The Morgan fingerprint density at radius 3 is 2.56 bits per heavy atom. The van der Waals surface area contributed by atoms with Gasteiger partial charge in [-0.2, -0.15) is 0 Å². The van der Waals surface area contributed by atoms with Crippen LogP contribution in [0.3, 0.4) is 0 Å². The van der Waals surface area contributed by atoms with Gasteiger partial charge in [0.25, 0.3) is 0 Å². The van der Waals surface area contributed by atoms with Crippen molar-refractivity contribution in [1.29, 1.82) is 0 Å². The number of hydrogen-bond donors (Lipinski definition) is 0. The number of halogens is 1. The van der Waals surface area contributed by atoms with Gasteiger partial charge in [-0.05, 0) is 43.7 Å². The summed E-state index contributed by atoms with van der Waals surface area (Å²) in [5.74, 6) is -0.490. The molecule has 27 heavy (non-hydrogen) atoms. The van der Waals surface area contributed by atoms with E-state index in [1.54, 1.807) is 17.0 Å². The number of methoxy groups -OCH3 is 1. The number of fused-ring (bicyclic) bond motifs is 1. The van der Waals surface area contributed by atoms with Crippen molar-refractivity contribution < 1.29 is 18.7 Å². The molecule has 1 aromatic carbocycles. The largest absolute Gasteiger partial charge is 0.453 e. The van der Waals surface area contributed by atoms with Gasteiger partial charge in [0.2, 0.25) is 5.91 Å². The minimum absolute atomic E-state index is 0.0667. The average Bonchev–Trinajstić information content (AvgIpc) is 3.13. The number of benzene rings is 1. The second-order valence-electron chi connectivity index (χ2n) is 6.86. The monoisotopic (exact) mass is 373 g/mol. The third-order valence-corrected chi connectivity index (χ3v) is 4.88. The van der Waals surface area contributed by atoms with Crippen LogP contribution in [0.1, 0.15) is 31.1 Å². The number of nitrogens with zero attached hydrogens (tertiary/aromatic N) is 3. The summed E-state index contributed by atoms with van der Waals surface area (Å²) in [6.07, 6.45) is 1.44. The first kappa shape index (κ1) is 18.9. The summed E-state index contributed by atoms with van der Waals surface area (Å²) in [4.78, 5) is 28.3.